The second kappa shape index (κ2) is 4.81. The molecule has 0 N–H and O–H groups in total. The van der Waals surface area contributed by atoms with Crippen LogP contribution < -0.4 is 0 Å². The number of rotatable bonds is 2. The van der Waals surface area contributed by atoms with Crippen LogP contribution in [0.1, 0.15) is 19.7 Å². The van der Waals surface area contributed by atoms with Crippen molar-refractivity contribution in [2.24, 2.45) is 7.05 Å². The van der Waals surface area contributed by atoms with E-state index in [1.807, 2.05) is 11.7 Å². The lowest BCUT2D eigenvalue weighted by atomic mass is 10.2. The van der Waals surface area contributed by atoms with E-state index >= 15 is 0 Å². The summed E-state index contributed by atoms with van der Waals surface area (Å²) in [7, 11) is 1.92. The minimum absolute atomic E-state index is 0.292. The Labute approximate surface area is 104 Å². The number of hydrogen-bond acceptors (Lipinski definition) is 4. The first-order chi connectivity index (χ1) is 7.54. The van der Waals surface area contributed by atoms with E-state index in [-0.39, 0.29) is 0 Å². The Kier molecular flexibility index (Phi) is 3.61. The van der Waals surface area contributed by atoms with E-state index in [9.17, 15) is 0 Å². The maximum Gasteiger partial charge on any atom is 0.217 e. The molecule has 1 aromatic heterocycles. The van der Waals surface area contributed by atoms with Crippen molar-refractivity contribution in [3.63, 3.8) is 0 Å². The average Bonchev–Trinajstić information content (AvgIpc) is 2.43. The first kappa shape index (κ1) is 12.0. The summed E-state index contributed by atoms with van der Waals surface area (Å²) in [6.45, 7) is 6.95. The Morgan fingerprint density at radius 3 is 2.50 bits per heavy atom. The minimum Gasteiger partial charge on any atom is -0.373 e. The zero-order valence-corrected chi connectivity index (χ0v) is 11.4. The monoisotopic (exact) mass is 288 g/mol. The third-order valence-electron chi connectivity index (χ3n) is 2.69. The lowest BCUT2D eigenvalue weighted by molar-refractivity contribution is -0.0713. The molecule has 6 heteroatoms. The molecule has 0 saturated carbocycles. The maximum absolute atomic E-state index is 5.70. The van der Waals surface area contributed by atoms with Gasteiger partial charge in [-0.1, -0.05) is 0 Å². The molecule has 0 bridgehead atoms. The quantitative estimate of drug-likeness (QED) is 0.820. The van der Waals surface area contributed by atoms with Crippen molar-refractivity contribution < 1.29 is 4.74 Å². The second-order valence-electron chi connectivity index (χ2n) is 4.37. The number of ether oxygens (including phenoxy) is 1. The molecular weight excluding hydrogens is 272 g/mol. The molecule has 16 heavy (non-hydrogen) atoms. The van der Waals surface area contributed by atoms with Crippen LogP contribution in [-0.4, -0.2) is 45.0 Å². The summed E-state index contributed by atoms with van der Waals surface area (Å²) >= 11 is 3.29. The predicted octanol–water partition coefficient (Wildman–Crippen LogP) is 1.19. The van der Waals surface area contributed by atoms with Crippen LogP contribution in [0.25, 0.3) is 0 Å². The molecule has 0 aliphatic carbocycles. The van der Waals surface area contributed by atoms with Crippen LogP contribution in [0.3, 0.4) is 0 Å². The lowest BCUT2D eigenvalue weighted by Crippen LogP contribution is -2.45. The van der Waals surface area contributed by atoms with Crippen LogP contribution in [-0.2, 0) is 18.3 Å². The van der Waals surface area contributed by atoms with E-state index < -0.39 is 0 Å². The minimum atomic E-state index is 0.292. The average molecular weight is 289 g/mol. The molecule has 1 aromatic rings. The van der Waals surface area contributed by atoms with Crippen molar-refractivity contribution in [1.29, 1.82) is 0 Å². The van der Waals surface area contributed by atoms with Crippen LogP contribution in [0.15, 0.2) is 4.73 Å². The smallest absolute Gasteiger partial charge is 0.217 e. The van der Waals surface area contributed by atoms with E-state index in [1.54, 1.807) is 0 Å². The van der Waals surface area contributed by atoms with Crippen molar-refractivity contribution in [2.45, 2.75) is 32.6 Å². The molecule has 0 radical (unpaired) electrons. The summed E-state index contributed by atoms with van der Waals surface area (Å²) in [4.78, 5) is 6.70. The van der Waals surface area contributed by atoms with Gasteiger partial charge in [0.25, 0.3) is 0 Å². The summed E-state index contributed by atoms with van der Waals surface area (Å²) in [5.41, 5.74) is 0. The van der Waals surface area contributed by atoms with Crippen LogP contribution in [0.5, 0.6) is 0 Å². The van der Waals surface area contributed by atoms with Gasteiger partial charge < -0.3 is 4.74 Å². The topological polar surface area (TPSA) is 43.2 Å². The fraction of sp³-hybridized carbons (Fsp3) is 0.800. The third-order valence-corrected chi connectivity index (χ3v) is 3.02. The van der Waals surface area contributed by atoms with Gasteiger partial charge in [-0.05, 0) is 29.8 Å². The summed E-state index contributed by atoms with van der Waals surface area (Å²) in [6, 6.07) is 0. The highest BCUT2D eigenvalue weighted by Crippen LogP contribution is 2.14. The highest BCUT2D eigenvalue weighted by Gasteiger charge is 2.23. The number of halogens is 1. The molecule has 1 aliphatic heterocycles. The van der Waals surface area contributed by atoms with Gasteiger partial charge in [0.15, 0.2) is 0 Å². The molecule has 5 nitrogen and oxygen atoms in total. The highest BCUT2D eigenvalue weighted by molar-refractivity contribution is 9.10. The van der Waals surface area contributed by atoms with Gasteiger partial charge in [0.2, 0.25) is 4.73 Å². The Hall–Kier alpha value is -0.460. The molecule has 0 unspecified atom stereocenters. The normalized spacial score (nSPS) is 27.2. The van der Waals surface area contributed by atoms with Crippen molar-refractivity contribution in [3.05, 3.63) is 10.6 Å². The number of aromatic nitrogens is 3. The summed E-state index contributed by atoms with van der Waals surface area (Å²) in [5, 5.41) is 4.18. The fourth-order valence-electron chi connectivity index (χ4n) is 2.13. The van der Waals surface area contributed by atoms with Crippen molar-refractivity contribution in [2.75, 3.05) is 13.1 Å². The van der Waals surface area contributed by atoms with Crippen LogP contribution >= 0.6 is 15.9 Å². The van der Waals surface area contributed by atoms with E-state index in [1.165, 1.54) is 0 Å². The van der Waals surface area contributed by atoms with E-state index in [2.05, 4.69) is 44.8 Å². The van der Waals surface area contributed by atoms with Gasteiger partial charge in [0.05, 0.1) is 18.8 Å². The number of morpholine rings is 1. The zero-order chi connectivity index (χ0) is 11.7. The molecule has 2 heterocycles. The molecule has 0 amide bonds. The molecule has 0 aromatic carbocycles. The molecular formula is C10H17BrN4O. The predicted molar refractivity (Wildman–Crippen MR) is 64.0 cm³/mol. The SMILES string of the molecule is C[C@H]1CN(Cc2nc(Br)nn2C)C[C@H](C)O1. The van der Waals surface area contributed by atoms with Gasteiger partial charge in [-0.25, -0.2) is 4.98 Å². The van der Waals surface area contributed by atoms with E-state index in [0.717, 1.165) is 25.5 Å². The molecule has 1 fully saturated rings. The first-order valence-corrected chi connectivity index (χ1v) is 6.27. The van der Waals surface area contributed by atoms with Crippen LogP contribution in [0.4, 0.5) is 0 Å². The Balaban J connectivity index is 2.01. The highest BCUT2D eigenvalue weighted by atomic mass is 79.9. The van der Waals surface area contributed by atoms with Gasteiger partial charge in [0, 0.05) is 20.1 Å². The standard InChI is InChI=1S/C10H17BrN4O/c1-7-4-15(5-8(2)16-7)6-9-12-10(11)13-14(9)3/h7-8H,4-6H2,1-3H3/t7-,8-/m0/s1. The van der Waals surface area contributed by atoms with Crippen LogP contribution in [0.2, 0.25) is 0 Å². The largest absolute Gasteiger partial charge is 0.373 e. The molecule has 90 valence electrons. The Bertz CT molecular complexity index is 358. The first-order valence-electron chi connectivity index (χ1n) is 5.48. The molecule has 1 saturated heterocycles. The van der Waals surface area contributed by atoms with Crippen molar-refractivity contribution in [3.8, 4) is 0 Å². The summed E-state index contributed by atoms with van der Waals surface area (Å²) < 4.78 is 8.16. The second-order valence-corrected chi connectivity index (χ2v) is 5.08. The number of aryl methyl sites for hydroxylation is 1. The third kappa shape index (κ3) is 2.81. The molecule has 1 aliphatic rings. The maximum atomic E-state index is 5.70. The van der Waals surface area contributed by atoms with Crippen molar-refractivity contribution >= 4 is 15.9 Å². The molecule has 2 atom stereocenters. The van der Waals surface area contributed by atoms with Gasteiger partial charge >= 0.3 is 0 Å². The van der Waals surface area contributed by atoms with E-state index in [4.69, 9.17) is 4.74 Å². The van der Waals surface area contributed by atoms with Gasteiger partial charge in [-0.15, -0.1) is 5.10 Å². The lowest BCUT2D eigenvalue weighted by Gasteiger charge is -2.34. The summed E-state index contributed by atoms with van der Waals surface area (Å²) in [6.07, 6.45) is 0.584. The van der Waals surface area contributed by atoms with Crippen molar-refractivity contribution in [1.82, 2.24) is 19.7 Å². The van der Waals surface area contributed by atoms with E-state index in [0.29, 0.717) is 16.9 Å². The molecule has 0 spiro atoms. The number of nitrogens with zero attached hydrogens (tertiary/aromatic N) is 4. The Morgan fingerprint density at radius 2 is 2.00 bits per heavy atom. The van der Waals surface area contributed by atoms with Gasteiger partial charge in [-0.3, -0.25) is 9.58 Å². The van der Waals surface area contributed by atoms with Gasteiger partial charge in [0.1, 0.15) is 5.82 Å². The summed E-state index contributed by atoms with van der Waals surface area (Å²) in [5.74, 6) is 0.980. The van der Waals surface area contributed by atoms with Crippen LogP contribution in [0, 0.1) is 0 Å². The Morgan fingerprint density at radius 1 is 1.38 bits per heavy atom. The number of hydrogen-bond donors (Lipinski definition) is 0. The van der Waals surface area contributed by atoms with Gasteiger partial charge in [-0.2, -0.15) is 0 Å². The molecule has 2 rings (SSSR count). The zero-order valence-electron chi connectivity index (χ0n) is 9.85. The fourth-order valence-corrected chi connectivity index (χ4v) is 2.58.